The fourth-order valence-corrected chi connectivity index (χ4v) is 2.20. The number of nitrogens with zero attached hydrogens (tertiary/aromatic N) is 2. The van der Waals surface area contributed by atoms with Crippen molar-refractivity contribution in [1.82, 2.24) is 10.6 Å². The Labute approximate surface area is 158 Å². The average molecular weight is 363 g/mol. The minimum Gasteiger partial charge on any atom is -0.376 e. The molecule has 0 atom stereocenters. The van der Waals surface area contributed by atoms with E-state index in [4.69, 9.17) is 4.74 Å². The van der Waals surface area contributed by atoms with Crippen LogP contribution in [0.4, 0.5) is 4.79 Å². The highest BCUT2D eigenvalue weighted by atomic mass is 16.5. The van der Waals surface area contributed by atoms with Crippen LogP contribution < -0.4 is 10.6 Å². The van der Waals surface area contributed by atoms with Gasteiger partial charge >= 0.3 is 6.03 Å². The molecule has 0 unspecified atom stereocenters. The highest BCUT2D eigenvalue weighted by molar-refractivity contribution is 5.73. The first kappa shape index (κ1) is 28.9. The molecule has 25 heavy (non-hydrogen) atoms. The molecule has 0 aromatic heterocycles. The second-order valence-corrected chi connectivity index (χ2v) is 7.90. The summed E-state index contributed by atoms with van der Waals surface area (Å²) in [5, 5.41) is 5.85. The number of quaternary nitrogens is 2. The van der Waals surface area contributed by atoms with Gasteiger partial charge in [-0.2, -0.15) is 0 Å². The lowest BCUT2D eigenvalue weighted by Crippen LogP contribution is -2.45. The van der Waals surface area contributed by atoms with E-state index in [1.165, 1.54) is 0 Å². The van der Waals surface area contributed by atoms with Crippen LogP contribution in [0.25, 0.3) is 0 Å². The zero-order chi connectivity index (χ0) is 17.8. The van der Waals surface area contributed by atoms with Gasteiger partial charge in [-0.05, 0) is 6.42 Å². The highest BCUT2D eigenvalue weighted by Crippen LogP contribution is 1.99. The third-order valence-electron chi connectivity index (χ3n) is 3.71. The smallest absolute Gasteiger partial charge is 0.314 e. The van der Waals surface area contributed by atoms with E-state index in [0.29, 0.717) is 0 Å². The molecule has 0 bridgehead atoms. The van der Waals surface area contributed by atoms with Gasteiger partial charge in [0.15, 0.2) is 0 Å². The van der Waals surface area contributed by atoms with Crippen LogP contribution >= 0.6 is 0 Å². The van der Waals surface area contributed by atoms with Gasteiger partial charge in [-0.3, -0.25) is 0 Å². The van der Waals surface area contributed by atoms with Crippen LogP contribution in [0.15, 0.2) is 0 Å². The van der Waals surface area contributed by atoms with Gasteiger partial charge in [-0.1, -0.05) is 6.92 Å². The molecule has 0 spiro atoms. The number of hydrogen-bond acceptors (Lipinski definition) is 2. The maximum Gasteiger partial charge on any atom is 0.314 e. The summed E-state index contributed by atoms with van der Waals surface area (Å²) in [4.78, 5) is 11.7. The van der Waals surface area contributed by atoms with Gasteiger partial charge in [0.25, 0.3) is 0 Å². The molecule has 0 fully saturated rings. The molecule has 0 rings (SSSR count). The molecule has 6 heteroatoms. The zero-order valence-corrected chi connectivity index (χ0v) is 18.3. The number of ether oxygens (including phenoxy) is 1. The molecule has 154 valence electrons. The molecule has 0 aromatic rings. The molecule has 0 heterocycles. The Morgan fingerprint density at radius 3 is 1.84 bits per heavy atom. The average Bonchev–Trinajstić information content (AvgIpc) is 2.44. The van der Waals surface area contributed by atoms with Crippen molar-refractivity contribution < 1.29 is 18.5 Å². The number of hydrogen-bond donors (Lipinski definition) is 2. The Morgan fingerprint density at radius 1 is 0.840 bits per heavy atom. The second-order valence-electron chi connectivity index (χ2n) is 7.90. The molecular formula is C19H46N4O2. The van der Waals surface area contributed by atoms with Crippen LogP contribution in [0.5, 0.6) is 0 Å². The maximum absolute atomic E-state index is 11.7. The van der Waals surface area contributed by atoms with Gasteiger partial charge in [0.05, 0.1) is 54.9 Å². The lowest BCUT2D eigenvalue weighted by molar-refractivity contribution is -0.890. The second kappa shape index (κ2) is 15.4. The van der Waals surface area contributed by atoms with Gasteiger partial charge in [0.1, 0.15) is 6.54 Å². The zero-order valence-electron chi connectivity index (χ0n) is 18.3. The molecular weight excluding hydrogens is 316 g/mol. The first-order chi connectivity index (χ1) is 10.7. The number of rotatable bonds is 13. The van der Waals surface area contributed by atoms with Gasteiger partial charge in [0.2, 0.25) is 0 Å². The standard InChI is InChI=1S/C17H39N4O2.2CH3/c1-7-15-23-16-14-21(5,6)13-9-11-19-17(22)18-10-8-12-20(2,3)4;;/h7-16H2,1-6H3,(H-,18,19,22);2*1H3/q+1;2*-1/p+1. The van der Waals surface area contributed by atoms with Gasteiger partial charge < -0.3 is 39.2 Å². The summed E-state index contributed by atoms with van der Waals surface area (Å²) in [6.07, 6.45) is 3.05. The SMILES string of the molecule is CCCOCC[N+](C)(C)CCCNC(=O)NCCC[N+](C)(C)C.[CH3-].[CH3-]. The summed E-state index contributed by atoms with van der Waals surface area (Å²) in [7, 11) is 10.9. The molecule has 2 amide bonds. The van der Waals surface area contributed by atoms with Crippen molar-refractivity contribution in [3.05, 3.63) is 14.9 Å². The fraction of sp³-hybridized carbons (Fsp3) is 0.842. The lowest BCUT2D eigenvalue weighted by Gasteiger charge is -2.29. The van der Waals surface area contributed by atoms with Crippen LogP contribution in [-0.4, -0.2) is 96.2 Å². The molecule has 6 nitrogen and oxygen atoms in total. The monoisotopic (exact) mass is 362 g/mol. The Bertz CT molecular complexity index is 315. The van der Waals surface area contributed by atoms with Crippen molar-refractivity contribution in [3.8, 4) is 0 Å². The van der Waals surface area contributed by atoms with Crippen LogP contribution in [0, 0.1) is 14.9 Å². The predicted octanol–water partition coefficient (Wildman–Crippen LogP) is 2.18. The van der Waals surface area contributed by atoms with Crippen molar-refractivity contribution in [3.63, 3.8) is 0 Å². The van der Waals surface area contributed by atoms with Crippen molar-refractivity contribution in [2.75, 3.05) is 81.2 Å². The van der Waals surface area contributed by atoms with E-state index in [1.54, 1.807) is 0 Å². The highest BCUT2D eigenvalue weighted by Gasteiger charge is 2.14. The van der Waals surface area contributed by atoms with Crippen molar-refractivity contribution in [2.24, 2.45) is 0 Å². The van der Waals surface area contributed by atoms with E-state index in [9.17, 15) is 4.79 Å². The lowest BCUT2D eigenvalue weighted by atomic mass is 10.3. The van der Waals surface area contributed by atoms with Crippen LogP contribution in [0.3, 0.4) is 0 Å². The van der Waals surface area contributed by atoms with Crippen molar-refractivity contribution in [1.29, 1.82) is 0 Å². The quantitative estimate of drug-likeness (QED) is 0.300. The normalized spacial score (nSPS) is 11.3. The fourth-order valence-electron chi connectivity index (χ4n) is 2.20. The van der Waals surface area contributed by atoms with E-state index in [1.807, 2.05) is 0 Å². The van der Waals surface area contributed by atoms with Crippen LogP contribution in [0.2, 0.25) is 0 Å². The number of likely N-dealkylation sites (N-methyl/N-ethyl adjacent to an activating group) is 1. The molecule has 0 radical (unpaired) electrons. The summed E-state index contributed by atoms with van der Waals surface area (Å²) in [6.45, 7) is 8.34. The number of nitrogens with one attached hydrogen (secondary N) is 2. The molecule has 0 saturated carbocycles. The Hall–Kier alpha value is -0.850. The third kappa shape index (κ3) is 21.1. The van der Waals surface area contributed by atoms with E-state index in [-0.39, 0.29) is 20.9 Å². The van der Waals surface area contributed by atoms with E-state index in [2.05, 4.69) is 52.8 Å². The first-order valence-electron chi connectivity index (χ1n) is 8.88. The molecule has 0 aromatic carbocycles. The summed E-state index contributed by atoms with van der Waals surface area (Å²) < 4.78 is 7.40. The largest absolute Gasteiger partial charge is 0.376 e. The number of carbonyl (C=O) groups is 1. The summed E-state index contributed by atoms with van der Waals surface area (Å²) in [6, 6.07) is -0.0528. The Morgan fingerprint density at radius 2 is 1.36 bits per heavy atom. The van der Waals surface area contributed by atoms with Gasteiger partial charge in [-0.15, -0.1) is 0 Å². The first-order valence-corrected chi connectivity index (χ1v) is 8.88. The number of carbonyl (C=O) groups excluding carboxylic acids is 1. The third-order valence-corrected chi connectivity index (χ3v) is 3.71. The van der Waals surface area contributed by atoms with Gasteiger partial charge in [-0.25, -0.2) is 4.79 Å². The van der Waals surface area contributed by atoms with Crippen LogP contribution in [0.1, 0.15) is 26.2 Å². The maximum atomic E-state index is 11.7. The molecule has 2 N–H and O–H groups in total. The topological polar surface area (TPSA) is 50.4 Å². The Balaban J connectivity index is -0.00000242. The van der Waals surface area contributed by atoms with Crippen LogP contribution in [-0.2, 0) is 4.74 Å². The van der Waals surface area contributed by atoms with Crippen molar-refractivity contribution >= 4 is 6.03 Å². The van der Waals surface area contributed by atoms with Gasteiger partial charge in [0, 0.05) is 32.5 Å². The predicted molar refractivity (Wildman–Crippen MR) is 109 cm³/mol. The minimum atomic E-state index is -0.0528. The molecule has 0 aliphatic carbocycles. The minimum absolute atomic E-state index is 0. The molecule has 0 aliphatic rings. The van der Waals surface area contributed by atoms with Crippen molar-refractivity contribution in [2.45, 2.75) is 26.2 Å². The number of urea groups is 1. The molecule has 0 aliphatic heterocycles. The molecule has 0 saturated heterocycles. The Kier molecular flexibility index (Phi) is 17.8. The summed E-state index contributed by atoms with van der Waals surface area (Å²) in [5.41, 5.74) is 0. The summed E-state index contributed by atoms with van der Waals surface area (Å²) >= 11 is 0. The van der Waals surface area contributed by atoms with E-state index < -0.39 is 0 Å². The van der Waals surface area contributed by atoms with E-state index >= 15 is 0 Å². The van der Waals surface area contributed by atoms with E-state index in [0.717, 1.165) is 74.2 Å². The number of amides is 2. The summed E-state index contributed by atoms with van der Waals surface area (Å²) in [5.74, 6) is 0.